The lowest BCUT2D eigenvalue weighted by molar-refractivity contribution is -0.111. The molecule has 1 aliphatic rings. The number of urea groups is 1. The standard InChI is InChI=1S/C20H21N3O3/c1-2-26-18-10-3-15(4-11-18)5-12-19(24)22-16-6-8-17(9-7-16)23-14-13-21-20(23)25/h3-12H,2,13-14H2,1H3,(H,21,25)(H,22,24)/b12-5+. The maximum atomic E-state index is 12.1. The molecule has 134 valence electrons. The van der Waals surface area contributed by atoms with Crippen molar-refractivity contribution in [3.05, 3.63) is 60.2 Å². The van der Waals surface area contributed by atoms with Crippen LogP contribution in [-0.2, 0) is 4.79 Å². The van der Waals surface area contributed by atoms with E-state index in [1.807, 2.05) is 43.3 Å². The molecule has 1 saturated heterocycles. The number of amides is 3. The third-order valence-electron chi connectivity index (χ3n) is 3.92. The predicted octanol–water partition coefficient (Wildman–Crippen LogP) is 3.27. The average molecular weight is 351 g/mol. The van der Waals surface area contributed by atoms with Crippen LogP contribution in [0.3, 0.4) is 0 Å². The number of nitrogens with one attached hydrogen (secondary N) is 2. The summed E-state index contributed by atoms with van der Waals surface area (Å²) in [6, 6.07) is 14.6. The SMILES string of the molecule is CCOc1ccc(/C=C/C(=O)Nc2ccc(N3CCNC3=O)cc2)cc1. The van der Waals surface area contributed by atoms with Crippen LogP contribution in [0.5, 0.6) is 5.75 Å². The number of carbonyl (C=O) groups is 2. The summed E-state index contributed by atoms with van der Waals surface area (Å²) in [6.07, 6.45) is 3.23. The van der Waals surface area contributed by atoms with Crippen molar-refractivity contribution in [2.24, 2.45) is 0 Å². The fraction of sp³-hybridized carbons (Fsp3) is 0.200. The molecule has 0 saturated carbocycles. The van der Waals surface area contributed by atoms with Gasteiger partial charge in [0.15, 0.2) is 0 Å². The summed E-state index contributed by atoms with van der Waals surface area (Å²) in [7, 11) is 0. The van der Waals surface area contributed by atoms with Crippen LogP contribution in [0.1, 0.15) is 12.5 Å². The molecule has 0 atom stereocenters. The summed E-state index contributed by atoms with van der Waals surface area (Å²) in [5, 5.41) is 5.56. The van der Waals surface area contributed by atoms with E-state index in [2.05, 4.69) is 10.6 Å². The summed E-state index contributed by atoms with van der Waals surface area (Å²) in [6.45, 7) is 3.85. The van der Waals surface area contributed by atoms with Crippen LogP contribution in [0.15, 0.2) is 54.6 Å². The molecule has 3 rings (SSSR count). The molecule has 1 heterocycles. The van der Waals surface area contributed by atoms with Gasteiger partial charge in [0.05, 0.1) is 6.61 Å². The van der Waals surface area contributed by atoms with Gasteiger partial charge in [-0.1, -0.05) is 12.1 Å². The lowest BCUT2D eigenvalue weighted by atomic mass is 10.2. The number of nitrogens with zero attached hydrogens (tertiary/aromatic N) is 1. The van der Waals surface area contributed by atoms with Crippen LogP contribution in [0, 0.1) is 0 Å². The number of benzene rings is 2. The number of hydrogen-bond acceptors (Lipinski definition) is 3. The third-order valence-corrected chi connectivity index (χ3v) is 3.92. The Morgan fingerprint density at radius 1 is 1.19 bits per heavy atom. The minimum atomic E-state index is -0.217. The Bertz CT molecular complexity index is 798. The smallest absolute Gasteiger partial charge is 0.321 e. The van der Waals surface area contributed by atoms with Crippen LogP contribution >= 0.6 is 0 Å². The zero-order chi connectivity index (χ0) is 18.4. The molecule has 3 amide bonds. The maximum absolute atomic E-state index is 12.1. The van der Waals surface area contributed by atoms with Gasteiger partial charge in [-0.15, -0.1) is 0 Å². The topological polar surface area (TPSA) is 70.7 Å². The Kier molecular flexibility index (Phi) is 5.53. The number of rotatable bonds is 6. The second-order valence-electron chi connectivity index (χ2n) is 5.76. The summed E-state index contributed by atoms with van der Waals surface area (Å²) < 4.78 is 5.39. The fourth-order valence-electron chi connectivity index (χ4n) is 2.64. The van der Waals surface area contributed by atoms with E-state index >= 15 is 0 Å². The van der Waals surface area contributed by atoms with Crippen molar-refractivity contribution >= 4 is 29.4 Å². The van der Waals surface area contributed by atoms with Crippen molar-refractivity contribution in [1.29, 1.82) is 0 Å². The summed E-state index contributed by atoms with van der Waals surface area (Å²) in [5.74, 6) is 0.589. The van der Waals surface area contributed by atoms with Gasteiger partial charge < -0.3 is 15.4 Å². The van der Waals surface area contributed by atoms with Crippen molar-refractivity contribution in [2.75, 3.05) is 29.9 Å². The van der Waals surface area contributed by atoms with E-state index in [1.165, 1.54) is 6.08 Å². The highest BCUT2D eigenvalue weighted by molar-refractivity contribution is 6.02. The maximum Gasteiger partial charge on any atom is 0.321 e. The first-order chi connectivity index (χ1) is 12.7. The van der Waals surface area contributed by atoms with Gasteiger partial charge in [-0.2, -0.15) is 0 Å². The van der Waals surface area contributed by atoms with Gasteiger partial charge in [-0.25, -0.2) is 4.79 Å². The molecule has 2 N–H and O–H groups in total. The van der Waals surface area contributed by atoms with Crippen molar-refractivity contribution in [1.82, 2.24) is 5.32 Å². The molecule has 0 radical (unpaired) electrons. The van der Waals surface area contributed by atoms with E-state index in [1.54, 1.807) is 23.1 Å². The number of hydrogen-bond donors (Lipinski definition) is 2. The van der Waals surface area contributed by atoms with Gasteiger partial charge in [-0.05, 0) is 55.0 Å². The van der Waals surface area contributed by atoms with Gasteiger partial charge in [0.1, 0.15) is 5.75 Å². The monoisotopic (exact) mass is 351 g/mol. The molecule has 0 bridgehead atoms. The van der Waals surface area contributed by atoms with Crippen LogP contribution in [0.25, 0.3) is 6.08 Å². The zero-order valence-corrected chi connectivity index (χ0v) is 14.6. The summed E-state index contributed by atoms with van der Waals surface area (Å²) >= 11 is 0. The largest absolute Gasteiger partial charge is 0.494 e. The first kappa shape index (κ1) is 17.5. The fourth-order valence-corrected chi connectivity index (χ4v) is 2.64. The molecular weight excluding hydrogens is 330 g/mol. The summed E-state index contributed by atoms with van der Waals surface area (Å²) in [5.41, 5.74) is 2.40. The predicted molar refractivity (Wildman–Crippen MR) is 102 cm³/mol. The first-order valence-corrected chi connectivity index (χ1v) is 8.53. The molecule has 6 nitrogen and oxygen atoms in total. The Morgan fingerprint density at radius 3 is 2.54 bits per heavy atom. The van der Waals surface area contributed by atoms with Crippen molar-refractivity contribution in [3.8, 4) is 5.75 Å². The van der Waals surface area contributed by atoms with E-state index in [4.69, 9.17) is 4.74 Å². The molecule has 2 aromatic rings. The molecule has 0 aromatic heterocycles. The van der Waals surface area contributed by atoms with Crippen LogP contribution in [0.4, 0.5) is 16.2 Å². The summed E-state index contributed by atoms with van der Waals surface area (Å²) in [4.78, 5) is 25.4. The van der Waals surface area contributed by atoms with Crippen molar-refractivity contribution < 1.29 is 14.3 Å². The Hall–Kier alpha value is -3.28. The second kappa shape index (κ2) is 8.20. The van der Waals surface area contributed by atoms with Gasteiger partial charge in [0.2, 0.25) is 5.91 Å². The van der Waals surface area contributed by atoms with E-state index in [9.17, 15) is 9.59 Å². The average Bonchev–Trinajstić information content (AvgIpc) is 3.08. The number of ether oxygens (including phenoxy) is 1. The molecule has 0 aliphatic carbocycles. The molecule has 2 aromatic carbocycles. The quantitative estimate of drug-likeness (QED) is 0.785. The third kappa shape index (κ3) is 4.42. The lowest BCUT2D eigenvalue weighted by Gasteiger charge is -2.14. The number of anilines is 2. The van der Waals surface area contributed by atoms with E-state index < -0.39 is 0 Å². The Morgan fingerprint density at radius 2 is 1.92 bits per heavy atom. The minimum Gasteiger partial charge on any atom is -0.494 e. The van der Waals surface area contributed by atoms with Crippen LogP contribution in [-0.4, -0.2) is 31.6 Å². The molecule has 26 heavy (non-hydrogen) atoms. The zero-order valence-electron chi connectivity index (χ0n) is 14.6. The van der Waals surface area contributed by atoms with E-state index in [0.717, 1.165) is 17.0 Å². The van der Waals surface area contributed by atoms with E-state index in [0.29, 0.717) is 25.4 Å². The number of carbonyl (C=O) groups excluding carboxylic acids is 2. The Labute approximate surface area is 152 Å². The van der Waals surface area contributed by atoms with Crippen LogP contribution in [0.2, 0.25) is 0 Å². The molecule has 0 spiro atoms. The molecule has 0 unspecified atom stereocenters. The van der Waals surface area contributed by atoms with Gasteiger partial charge >= 0.3 is 6.03 Å². The second-order valence-corrected chi connectivity index (χ2v) is 5.76. The molecule has 1 fully saturated rings. The van der Waals surface area contributed by atoms with Gasteiger partial charge in [-0.3, -0.25) is 9.69 Å². The lowest BCUT2D eigenvalue weighted by Crippen LogP contribution is -2.27. The van der Waals surface area contributed by atoms with Crippen molar-refractivity contribution in [3.63, 3.8) is 0 Å². The first-order valence-electron chi connectivity index (χ1n) is 8.53. The molecular formula is C20H21N3O3. The van der Waals surface area contributed by atoms with E-state index in [-0.39, 0.29) is 11.9 Å². The molecule has 6 heteroatoms. The van der Waals surface area contributed by atoms with Crippen LogP contribution < -0.4 is 20.3 Å². The van der Waals surface area contributed by atoms with Gasteiger partial charge in [0.25, 0.3) is 0 Å². The van der Waals surface area contributed by atoms with Crippen molar-refractivity contribution in [2.45, 2.75) is 6.92 Å². The minimum absolute atomic E-state index is 0.0972. The highest BCUT2D eigenvalue weighted by Crippen LogP contribution is 2.19. The highest BCUT2D eigenvalue weighted by atomic mass is 16.5. The molecule has 1 aliphatic heterocycles. The van der Waals surface area contributed by atoms with Gasteiger partial charge in [0, 0.05) is 30.5 Å². The normalized spacial score (nSPS) is 13.7. The Balaban J connectivity index is 1.56. The highest BCUT2D eigenvalue weighted by Gasteiger charge is 2.20.